The summed E-state index contributed by atoms with van der Waals surface area (Å²) in [5, 5.41) is 4.19. The van der Waals surface area contributed by atoms with E-state index >= 15 is 0 Å². The summed E-state index contributed by atoms with van der Waals surface area (Å²) in [5.74, 6) is 5.86. The number of anilines is 2. The fourth-order valence-electron chi connectivity index (χ4n) is 2.76. The summed E-state index contributed by atoms with van der Waals surface area (Å²) in [6, 6.07) is 10.6. The number of thiophene rings is 1. The fraction of sp³-hybridized carbons (Fsp3) is 0.263. The number of rotatable bonds is 6. The van der Waals surface area contributed by atoms with Gasteiger partial charge in [-0.1, -0.05) is 11.6 Å². The molecule has 1 aliphatic heterocycles. The van der Waals surface area contributed by atoms with E-state index in [1.807, 2.05) is 12.1 Å². The van der Waals surface area contributed by atoms with Crippen LogP contribution < -0.4 is 26.8 Å². The predicted molar refractivity (Wildman–Crippen MR) is 115 cm³/mol. The van der Waals surface area contributed by atoms with Crippen molar-refractivity contribution in [2.75, 3.05) is 36.2 Å². The molecule has 1 fully saturated rings. The average molecular weight is 436 g/mol. The lowest BCUT2D eigenvalue weighted by Crippen LogP contribution is -2.41. The molecule has 0 unspecified atom stereocenters. The van der Waals surface area contributed by atoms with E-state index < -0.39 is 0 Å². The van der Waals surface area contributed by atoms with E-state index in [1.165, 1.54) is 16.3 Å². The molecular weight excluding hydrogens is 414 g/mol. The molecular formula is C19H22ClN5O3S. The van der Waals surface area contributed by atoms with Gasteiger partial charge in [-0.3, -0.25) is 14.6 Å². The van der Waals surface area contributed by atoms with Crippen LogP contribution in [0.3, 0.4) is 0 Å². The second kappa shape index (κ2) is 9.27. The molecule has 29 heavy (non-hydrogen) atoms. The summed E-state index contributed by atoms with van der Waals surface area (Å²) in [5.41, 5.74) is 8.62. The third-order valence-electron chi connectivity index (χ3n) is 4.49. The van der Waals surface area contributed by atoms with Gasteiger partial charge in [-0.15, -0.1) is 11.3 Å². The molecule has 5 N–H and O–H groups in total. The molecule has 3 rings (SSSR count). The molecule has 8 nitrogen and oxygen atoms in total. The first kappa shape index (κ1) is 21.1. The highest BCUT2D eigenvalue weighted by atomic mass is 35.5. The molecule has 1 aromatic heterocycles. The Morgan fingerprint density at radius 1 is 1.31 bits per heavy atom. The molecule has 0 radical (unpaired) electrons. The molecule has 0 bridgehead atoms. The van der Waals surface area contributed by atoms with Crippen LogP contribution in [0.1, 0.15) is 16.6 Å². The quantitative estimate of drug-likeness (QED) is 0.472. The second-order valence-electron chi connectivity index (χ2n) is 6.38. The van der Waals surface area contributed by atoms with Crippen LogP contribution in [0.2, 0.25) is 4.34 Å². The van der Waals surface area contributed by atoms with Gasteiger partial charge in [0.1, 0.15) is 6.61 Å². The van der Waals surface area contributed by atoms with Gasteiger partial charge < -0.3 is 20.7 Å². The molecule has 10 heteroatoms. The average Bonchev–Trinajstić information content (AvgIpc) is 3.17. The highest BCUT2D eigenvalue weighted by Gasteiger charge is 2.20. The van der Waals surface area contributed by atoms with Crippen molar-refractivity contribution < 1.29 is 14.3 Å². The summed E-state index contributed by atoms with van der Waals surface area (Å²) in [4.78, 5) is 26.2. The van der Waals surface area contributed by atoms with Crippen LogP contribution in [-0.4, -0.2) is 38.1 Å². The number of ether oxygens (including phenoxy) is 1. The minimum atomic E-state index is -0.249. The zero-order chi connectivity index (χ0) is 21.0. The highest BCUT2D eigenvalue weighted by Crippen LogP contribution is 2.23. The third kappa shape index (κ3) is 5.07. The van der Waals surface area contributed by atoms with Crippen LogP contribution in [0.25, 0.3) is 0 Å². The number of morpholine rings is 1. The lowest BCUT2D eigenvalue weighted by Gasteiger charge is -2.27. The Labute approximate surface area is 177 Å². The summed E-state index contributed by atoms with van der Waals surface area (Å²) in [6.45, 7) is 3.04. The van der Waals surface area contributed by atoms with Crippen molar-refractivity contribution in [2.45, 2.75) is 6.92 Å². The van der Waals surface area contributed by atoms with E-state index in [0.717, 1.165) is 5.69 Å². The van der Waals surface area contributed by atoms with E-state index in [1.54, 1.807) is 36.1 Å². The van der Waals surface area contributed by atoms with Gasteiger partial charge in [0.15, 0.2) is 0 Å². The van der Waals surface area contributed by atoms with Gasteiger partial charge in [-0.05, 0) is 43.3 Å². The maximum Gasteiger partial charge on any atom is 0.261 e. The SMILES string of the molecule is CC(=C(N)CNC(=O)c1ccc(Cl)s1)N(N)c1ccc(N2CCOCC2=O)cc1. The molecule has 154 valence electrons. The zero-order valence-electron chi connectivity index (χ0n) is 15.9. The summed E-state index contributed by atoms with van der Waals surface area (Å²) < 4.78 is 5.69. The van der Waals surface area contributed by atoms with Crippen molar-refractivity contribution in [3.8, 4) is 0 Å². The normalized spacial score (nSPS) is 15.1. The Morgan fingerprint density at radius 3 is 2.66 bits per heavy atom. The number of benzene rings is 1. The van der Waals surface area contributed by atoms with Gasteiger partial charge in [0, 0.05) is 17.9 Å². The lowest BCUT2D eigenvalue weighted by atomic mass is 10.2. The first-order valence-corrected chi connectivity index (χ1v) is 10.1. The van der Waals surface area contributed by atoms with Gasteiger partial charge in [-0.25, -0.2) is 5.84 Å². The molecule has 2 heterocycles. The number of amides is 2. The van der Waals surface area contributed by atoms with Crippen molar-refractivity contribution >= 4 is 46.1 Å². The predicted octanol–water partition coefficient (Wildman–Crippen LogP) is 2.06. The topological polar surface area (TPSA) is 114 Å². The van der Waals surface area contributed by atoms with Gasteiger partial charge in [0.05, 0.1) is 33.7 Å². The number of hydrogen-bond donors (Lipinski definition) is 3. The molecule has 1 aromatic carbocycles. The first-order chi connectivity index (χ1) is 13.9. The number of carbonyl (C=O) groups excluding carboxylic acids is 2. The van der Waals surface area contributed by atoms with Crippen LogP contribution in [-0.2, 0) is 9.53 Å². The number of hydrogen-bond acceptors (Lipinski definition) is 7. The number of nitrogens with zero attached hydrogens (tertiary/aromatic N) is 2. The smallest absolute Gasteiger partial charge is 0.261 e. The standard InChI is InChI=1S/C19H22ClN5O3S/c1-12(15(21)10-23-19(27)16-6-7-17(20)29-16)25(22)14-4-2-13(3-5-14)24-8-9-28-11-18(24)26/h2-7H,8-11,21-22H2,1H3,(H,23,27). The van der Waals surface area contributed by atoms with Crippen molar-refractivity contribution in [2.24, 2.45) is 11.6 Å². The van der Waals surface area contributed by atoms with Crippen LogP contribution in [0.15, 0.2) is 47.8 Å². The Kier molecular flexibility index (Phi) is 6.75. The summed E-state index contributed by atoms with van der Waals surface area (Å²) in [7, 11) is 0. The Morgan fingerprint density at radius 2 is 2.03 bits per heavy atom. The fourth-order valence-corrected chi connectivity index (χ4v) is 3.72. The second-order valence-corrected chi connectivity index (χ2v) is 8.10. The van der Waals surface area contributed by atoms with Gasteiger partial charge in [0.25, 0.3) is 11.8 Å². The molecule has 0 saturated carbocycles. The number of carbonyl (C=O) groups is 2. The maximum atomic E-state index is 12.1. The molecule has 1 saturated heterocycles. The van der Waals surface area contributed by atoms with Crippen LogP contribution in [0.5, 0.6) is 0 Å². The third-order valence-corrected chi connectivity index (χ3v) is 5.72. The molecule has 0 spiro atoms. The largest absolute Gasteiger partial charge is 0.399 e. The maximum absolute atomic E-state index is 12.1. The van der Waals surface area contributed by atoms with Gasteiger partial charge in [-0.2, -0.15) is 0 Å². The Balaban J connectivity index is 1.64. The summed E-state index contributed by atoms with van der Waals surface area (Å²) >= 11 is 7.05. The molecule has 2 amide bonds. The molecule has 2 aromatic rings. The van der Waals surface area contributed by atoms with Crippen molar-refractivity contribution in [1.29, 1.82) is 0 Å². The number of allylic oxidation sites excluding steroid dienone is 1. The Hall–Kier alpha value is -2.59. The van der Waals surface area contributed by atoms with Crippen LogP contribution in [0, 0.1) is 0 Å². The van der Waals surface area contributed by atoms with Crippen LogP contribution in [0.4, 0.5) is 11.4 Å². The number of halogens is 1. The van der Waals surface area contributed by atoms with Crippen molar-refractivity contribution in [1.82, 2.24) is 5.32 Å². The zero-order valence-corrected chi connectivity index (χ0v) is 17.4. The van der Waals surface area contributed by atoms with E-state index in [4.69, 9.17) is 27.9 Å². The van der Waals surface area contributed by atoms with E-state index in [2.05, 4.69) is 5.32 Å². The lowest BCUT2D eigenvalue weighted by molar-refractivity contribution is -0.125. The Bertz CT molecular complexity index is 928. The van der Waals surface area contributed by atoms with Crippen molar-refractivity contribution in [3.63, 3.8) is 0 Å². The van der Waals surface area contributed by atoms with E-state index in [0.29, 0.717) is 39.4 Å². The van der Waals surface area contributed by atoms with Crippen LogP contribution >= 0.6 is 22.9 Å². The number of hydrazine groups is 1. The monoisotopic (exact) mass is 435 g/mol. The highest BCUT2D eigenvalue weighted by molar-refractivity contribution is 7.18. The van der Waals surface area contributed by atoms with Gasteiger partial charge in [0.2, 0.25) is 0 Å². The summed E-state index contributed by atoms with van der Waals surface area (Å²) in [6.07, 6.45) is 0. The minimum Gasteiger partial charge on any atom is -0.399 e. The van der Waals surface area contributed by atoms with E-state index in [-0.39, 0.29) is 25.0 Å². The number of nitrogens with one attached hydrogen (secondary N) is 1. The first-order valence-electron chi connectivity index (χ1n) is 8.88. The van der Waals surface area contributed by atoms with Gasteiger partial charge >= 0.3 is 0 Å². The molecule has 0 aliphatic carbocycles. The minimum absolute atomic E-state index is 0.0725. The number of nitrogens with two attached hydrogens (primary N) is 2. The molecule has 0 atom stereocenters. The molecule has 1 aliphatic rings. The van der Waals surface area contributed by atoms with E-state index in [9.17, 15) is 9.59 Å². The van der Waals surface area contributed by atoms with Crippen molar-refractivity contribution in [3.05, 3.63) is 57.0 Å².